The molecule has 392 valence electrons. The second kappa shape index (κ2) is 49.9. The number of allylic oxidation sites excluding steroid dienone is 6. The molecule has 0 aromatic carbocycles. The number of esters is 2. The zero-order valence-corrected chi connectivity index (χ0v) is 44.6. The van der Waals surface area contributed by atoms with Gasteiger partial charge in [-0.25, -0.2) is 4.79 Å². The SMILES string of the molecule is CCCCCCC/C=C\C/C=C\C/C=C\CCCCCCCCCCCCCCCCCCCCCCCCC(=O)OC(COC(=O)CCCCCCC)COC(OCC[N+](C)(C)C)C(=O)O. The Morgan fingerprint density at radius 3 is 1.19 bits per heavy atom. The van der Waals surface area contributed by atoms with Crippen molar-refractivity contribution in [2.75, 3.05) is 47.5 Å². The van der Waals surface area contributed by atoms with Crippen molar-refractivity contribution < 1.29 is 42.9 Å². The van der Waals surface area contributed by atoms with Crippen molar-refractivity contribution in [1.82, 2.24) is 0 Å². The van der Waals surface area contributed by atoms with Crippen LogP contribution in [0.3, 0.4) is 0 Å². The monoisotopic (exact) mass is 947 g/mol. The highest BCUT2D eigenvalue weighted by molar-refractivity contribution is 5.71. The van der Waals surface area contributed by atoms with E-state index in [4.69, 9.17) is 18.9 Å². The third-order valence-corrected chi connectivity index (χ3v) is 12.4. The molecule has 0 spiro atoms. The Morgan fingerprint density at radius 2 is 0.806 bits per heavy atom. The fourth-order valence-electron chi connectivity index (χ4n) is 8.02. The van der Waals surface area contributed by atoms with Crippen molar-refractivity contribution >= 4 is 17.9 Å². The van der Waals surface area contributed by atoms with Crippen LogP contribution in [0.25, 0.3) is 0 Å². The summed E-state index contributed by atoms with van der Waals surface area (Å²) in [5.41, 5.74) is 0. The number of aliphatic carboxylic acids is 1. The normalized spacial score (nSPS) is 13.0. The number of nitrogens with zero attached hydrogens (tertiary/aromatic N) is 1. The predicted octanol–water partition coefficient (Wildman–Crippen LogP) is 16.1. The Labute approximate surface area is 413 Å². The van der Waals surface area contributed by atoms with Crippen molar-refractivity contribution in [2.45, 2.75) is 270 Å². The third kappa shape index (κ3) is 51.2. The number of carboxylic acid groups (broad SMARTS) is 1. The minimum atomic E-state index is -1.50. The summed E-state index contributed by atoms with van der Waals surface area (Å²) >= 11 is 0. The molecular weight excluding hydrogens is 839 g/mol. The molecule has 2 atom stereocenters. The topological polar surface area (TPSA) is 108 Å². The van der Waals surface area contributed by atoms with Crippen molar-refractivity contribution in [1.29, 1.82) is 0 Å². The summed E-state index contributed by atoms with van der Waals surface area (Å²) in [5.74, 6) is -2.01. The molecule has 0 saturated carbocycles. The van der Waals surface area contributed by atoms with E-state index < -0.39 is 24.3 Å². The van der Waals surface area contributed by atoms with Gasteiger partial charge in [-0.15, -0.1) is 0 Å². The van der Waals surface area contributed by atoms with Crippen LogP contribution in [-0.2, 0) is 33.3 Å². The van der Waals surface area contributed by atoms with Gasteiger partial charge in [0.2, 0.25) is 0 Å². The van der Waals surface area contributed by atoms with Crippen LogP contribution in [0.5, 0.6) is 0 Å². The van der Waals surface area contributed by atoms with Gasteiger partial charge in [-0.1, -0.05) is 230 Å². The molecular formula is C58H108NO8+. The number of carboxylic acids is 1. The van der Waals surface area contributed by atoms with E-state index in [2.05, 4.69) is 50.3 Å². The first kappa shape index (κ1) is 64.5. The van der Waals surface area contributed by atoms with Crippen LogP contribution in [0.1, 0.15) is 258 Å². The van der Waals surface area contributed by atoms with E-state index in [1.54, 1.807) is 0 Å². The third-order valence-electron chi connectivity index (χ3n) is 12.4. The van der Waals surface area contributed by atoms with Gasteiger partial charge in [0.25, 0.3) is 6.29 Å². The Bertz CT molecular complexity index is 1190. The number of likely N-dealkylation sites (N-methyl/N-ethyl adjacent to an activating group) is 1. The average Bonchev–Trinajstić information content (AvgIpc) is 3.29. The number of quaternary nitrogens is 1. The lowest BCUT2D eigenvalue weighted by Gasteiger charge is -2.25. The molecule has 0 aromatic rings. The molecule has 0 rings (SSSR count). The molecule has 0 aromatic heterocycles. The first-order valence-electron chi connectivity index (χ1n) is 28.2. The molecule has 0 bridgehead atoms. The second-order valence-corrected chi connectivity index (χ2v) is 20.3. The van der Waals surface area contributed by atoms with Crippen LogP contribution in [0.2, 0.25) is 0 Å². The fraction of sp³-hybridized carbons (Fsp3) is 0.845. The molecule has 0 saturated heterocycles. The average molecular weight is 948 g/mol. The van der Waals surface area contributed by atoms with Crippen molar-refractivity contribution in [3.8, 4) is 0 Å². The number of ether oxygens (including phenoxy) is 4. The number of hydrogen-bond acceptors (Lipinski definition) is 7. The number of rotatable bonds is 52. The Hall–Kier alpha value is -2.49. The maximum absolute atomic E-state index is 12.7. The molecule has 0 aliphatic heterocycles. The largest absolute Gasteiger partial charge is 0.477 e. The predicted molar refractivity (Wildman–Crippen MR) is 281 cm³/mol. The number of carbonyl (C=O) groups is 3. The molecule has 0 aliphatic carbocycles. The van der Waals surface area contributed by atoms with Gasteiger partial charge in [-0.2, -0.15) is 0 Å². The maximum Gasteiger partial charge on any atom is 0.361 e. The minimum absolute atomic E-state index is 0.179. The van der Waals surface area contributed by atoms with E-state index in [9.17, 15) is 19.5 Å². The quantitative estimate of drug-likeness (QED) is 0.0211. The van der Waals surface area contributed by atoms with Gasteiger partial charge in [0.05, 0.1) is 34.4 Å². The molecule has 9 nitrogen and oxygen atoms in total. The summed E-state index contributed by atoms with van der Waals surface area (Å²) in [5, 5.41) is 9.61. The molecule has 0 radical (unpaired) electrons. The first-order valence-corrected chi connectivity index (χ1v) is 28.2. The number of hydrogen-bond donors (Lipinski definition) is 1. The first-order chi connectivity index (χ1) is 32.6. The number of carbonyl (C=O) groups excluding carboxylic acids is 2. The highest BCUT2D eigenvalue weighted by Crippen LogP contribution is 2.17. The zero-order valence-electron chi connectivity index (χ0n) is 44.6. The number of unbranched alkanes of at least 4 members (excludes halogenated alkanes) is 31. The summed E-state index contributed by atoms with van der Waals surface area (Å²) in [7, 11) is 5.95. The highest BCUT2D eigenvalue weighted by atomic mass is 16.7. The lowest BCUT2D eigenvalue weighted by molar-refractivity contribution is -0.870. The summed E-state index contributed by atoms with van der Waals surface area (Å²) in [4.78, 5) is 36.9. The minimum Gasteiger partial charge on any atom is -0.477 e. The standard InChI is InChI=1S/C58H107NO8/c1-6-8-10-12-13-14-15-16-17-18-19-20-21-22-23-24-25-26-27-28-29-30-31-32-33-34-35-36-37-38-39-40-41-42-43-45-47-49-56(61)67-54(52-65-55(60)48-46-44-11-9-7-2)53-66-58(57(62)63)64-51-50-59(3,4)5/h15-16,18-19,21-22,54,58H,6-14,17,20,23-53H2,1-5H3/p+1/b16-15-,19-18-,22-21-. The van der Waals surface area contributed by atoms with Gasteiger partial charge in [-0.05, 0) is 51.4 Å². The van der Waals surface area contributed by atoms with E-state index >= 15 is 0 Å². The lowest BCUT2D eigenvalue weighted by Crippen LogP contribution is -2.40. The molecule has 67 heavy (non-hydrogen) atoms. The molecule has 2 unspecified atom stereocenters. The van der Waals surface area contributed by atoms with Crippen LogP contribution >= 0.6 is 0 Å². The maximum atomic E-state index is 12.7. The summed E-state index contributed by atoms with van der Waals surface area (Å²) in [6.45, 7) is 4.79. The van der Waals surface area contributed by atoms with Crippen molar-refractivity contribution in [3.63, 3.8) is 0 Å². The van der Waals surface area contributed by atoms with E-state index in [0.29, 0.717) is 17.4 Å². The van der Waals surface area contributed by atoms with Crippen molar-refractivity contribution in [2.24, 2.45) is 0 Å². The second-order valence-electron chi connectivity index (χ2n) is 20.3. The lowest BCUT2D eigenvalue weighted by atomic mass is 10.0. The van der Waals surface area contributed by atoms with E-state index in [1.165, 1.54) is 167 Å². The van der Waals surface area contributed by atoms with E-state index in [0.717, 1.165) is 64.2 Å². The van der Waals surface area contributed by atoms with Crippen LogP contribution in [-0.4, -0.2) is 87.4 Å². The zero-order chi connectivity index (χ0) is 49.2. The van der Waals surface area contributed by atoms with Crippen LogP contribution in [0.15, 0.2) is 36.5 Å². The van der Waals surface area contributed by atoms with Gasteiger partial charge in [0, 0.05) is 12.8 Å². The van der Waals surface area contributed by atoms with Crippen molar-refractivity contribution in [3.05, 3.63) is 36.5 Å². The van der Waals surface area contributed by atoms with E-state index in [1.807, 2.05) is 21.1 Å². The molecule has 0 aliphatic rings. The molecule has 1 N–H and O–H groups in total. The van der Waals surface area contributed by atoms with Gasteiger partial charge in [-0.3, -0.25) is 9.59 Å². The molecule has 0 fully saturated rings. The van der Waals surface area contributed by atoms with Gasteiger partial charge in [0.15, 0.2) is 6.10 Å². The van der Waals surface area contributed by atoms with Crippen LogP contribution < -0.4 is 0 Å². The molecule has 0 amide bonds. The molecule has 9 heteroatoms. The van der Waals surface area contributed by atoms with Gasteiger partial charge in [0.1, 0.15) is 13.2 Å². The summed E-state index contributed by atoms with van der Waals surface area (Å²) in [6, 6.07) is 0. The fourth-order valence-corrected chi connectivity index (χ4v) is 8.02. The molecule has 0 heterocycles. The van der Waals surface area contributed by atoms with Crippen LogP contribution in [0.4, 0.5) is 0 Å². The van der Waals surface area contributed by atoms with Gasteiger partial charge >= 0.3 is 17.9 Å². The van der Waals surface area contributed by atoms with E-state index in [-0.39, 0.29) is 32.2 Å². The van der Waals surface area contributed by atoms with Gasteiger partial charge < -0.3 is 28.5 Å². The Morgan fingerprint density at radius 1 is 0.448 bits per heavy atom. The Kier molecular flexibility index (Phi) is 48.1. The Balaban J connectivity index is 3.82. The summed E-state index contributed by atoms with van der Waals surface area (Å²) in [6.07, 6.45) is 57.3. The highest BCUT2D eigenvalue weighted by Gasteiger charge is 2.25. The van der Waals surface area contributed by atoms with Crippen LogP contribution in [0, 0.1) is 0 Å². The summed E-state index contributed by atoms with van der Waals surface area (Å²) < 4.78 is 22.6. The smallest absolute Gasteiger partial charge is 0.361 e.